The lowest BCUT2D eigenvalue weighted by Gasteiger charge is -2.08. The normalized spacial score (nSPS) is 9.71. The summed E-state index contributed by atoms with van der Waals surface area (Å²) in [5.74, 6) is 0. The van der Waals surface area contributed by atoms with E-state index in [0.29, 0.717) is 15.6 Å². The molecule has 0 aliphatic carbocycles. The molecule has 0 saturated carbocycles. The third-order valence-corrected chi connectivity index (χ3v) is 2.77. The van der Waals surface area contributed by atoms with Crippen molar-refractivity contribution in [3.05, 3.63) is 58.1 Å². The van der Waals surface area contributed by atoms with Crippen LogP contribution >= 0.6 is 23.2 Å². The van der Waals surface area contributed by atoms with Crippen molar-refractivity contribution in [2.45, 2.75) is 0 Å². The van der Waals surface area contributed by atoms with E-state index in [0.717, 1.165) is 11.4 Å². The summed E-state index contributed by atoms with van der Waals surface area (Å²) in [6.07, 6.45) is 0. The molecule has 0 radical (unpaired) electrons. The predicted molar refractivity (Wildman–Crippen MR) is 70.9 cm³/mol. The van der Waals surface area contributed by atoms with E-state index >= 15 is 0 Å². The Hall–Kier alpha value is -1.69. The Bertz CT molecular complexity index is 571. The molecule has 0 heterocycles. The predicted octanol–water partition coefficient (Wildman–Crippen LogP) is 4.61. The van der Waals surface area contributed by atoms with E-state index in [9.17, 15) is 0 Å². The van der Waals surface area contributed by atoms with Gasteiger partial charge in [-0.3, -0.25) is 0 Å². The van der Waals surface area contributed by atoms with Crippen molar-refractivity contribution < 1.29 is 0 Å². The van der Waals surface area contributed by atoms with Crippen molar-refractivity contribution in [2.24, 2.45) is 0 Å². The Morgan fingerprint density at radius 3 is 2.29 bits per heavy atom. The molecule has 1 N–H and O–H groups in total. The van der Waals surface area contributed by atoms with Gasteiger partial charge in [-0.25, -0.2) is 0 Å². The van der Waals surface area contributed by atoms with Crippen molar-refractivity contribution in [1.29, 1.82) is 5.26 Å². The van der Waals surface area contributed by atoms with Gasteiger partial charge >= 0.3 is 0 Å². The standard InChI is InChI=1S/C13H8Cl2N2/c14-10-3-6-13(12(15)7-10)17-11-4-1-9(8-16)2-5-11/h1-7,17H. The molecule has 0 aliphatic rings. The first-order valence-corrected chi connectivity index (χ1v) is 5.67. The molecule has 0 unspecified atom stereocenters. The largest absolute Gasteiger partial charge is 0.354 e. The van der Waals surface area contributed by atoms with Gasteiger partial charge in [-0.2, -0.15) is 5.26 Å². The molecule has 17 heavy (non-hydrogen) atoms. The van der Waals surface area contributed by atoms with Gasteiger partial charge in [0, 0.05) is 10.7 Å². The van der Waals surface area contributed by atoms with Crippen molar-refractivity contribution >= 4 is 34.6 Å². The van der Waals surface area contributed by atoms with Crippen LogP contribution in [0.3, 0.4) is 0 Å². The van der Waals surface area contributed by atoms with Crippen LogP contribution in [0.1, 0.15) is 5.56 Å². The van der Waals surface area contributed by atoms with Crippen LogP contribution in [0.25, 0.3) is 0 Å². The molecule has 2 aromatic rings. The van der Waals surface area contributed by atoms with Crippen molar-refractivity contribution in [3.8, 4) is 6.07 Å². The highest BCUT2D eigenvalue weighted by molar-refractivity contribution is 6.36. The van der Waals surface area contributed by atoms with Gasteiger partial charge < -0.3 is 5.32 Å². The van der Waals surface area contributed by atoms with Crippen molar-refractivity contribution in [1.82, 2.24) is 0 Å². The lowest BCUT2D eigenvalue weighted by Crippen LogP contribution is -1.91. The summed E-state index contributed by atoms with van der Waals surface area (Å²) < 4.78 is 0. The third-order valence-electron chi connectivity index (χ3n) is 2.22. The molecule has 84 valence electrons. The Balaban J connectivity index is 2.23. The summed E-state index contributed by atoms with van der Waals surface area (Å²) in [6, 6.07) is 14.4. The second kappa shape index (κ2) is 5.09. The van der Waals surface area contributed by atoms with E-state index in [2.05, 4.69) is 11.4 Å². The van der Waals surface area contributed by atoms with Crippen LogP contribution in [-0.4, -0.2) is 0 Å². The van der Waals surface area contributed by atoms with Crippen molar-refractivity contribution in [3.63, 3.8) is 0 Å². The maximum atomic E-state index is 8.69. The molecule has 4 heteroatoms. The van der Waals surface area contributed by atoms with Gasteiger partial charge in [0.25, 0.3) is 0 Å². The minimum atomic E-state index is 0.557. The molecule has 0 saturated heterocycles. The van der Waals surface area contributed by atoms with Gasteiger partial charge in [0.1, 0.15) is 0 Å². The van der Waals surface area contributed by atoms with E-state index in [1.54, 1.807) is 24.3 Å². The minimum absolute atomic E-state index is 0.557. The molecule has 0 fully saturated rings. The summed E-state index contributed by atoms with van der Waals surface area (Å²) >= 11 is 11.8. The summed E-state index contributed by atoms with van der Waals surface area (Å²) in [5, 5.41) is 13.0. The van der Waals surface area contributed by atoms with Crippen LogP contribution in [0, 0.1) is 11.3 Å². The summed E-state index contributed by atoms with van der Waals surface area (Å²) in [7, 11) is 0. The number of nitrogens with zero attached hydrogens (tertiary/aromatic N) is 1. The first-order chi connectivity index (χ1) is 8.19. The maximum absolute atomic E-state index is 8.69. The number of hydrogen-bond acceptors (Lipinski definition) is 2. The fraction of sp³-hybridized carbons (Fsp3) is 0. The quantitative estimate of drug-likeness (QED) is 0.858. The van der Waals surface area contributed by atoms with Gasteiger partial charge in [0.15, 0.2) is 0 Å². The topological polar surface area (TPSA) is 35.8 Å². The molecule has 0 aromatic heterocycles. The number of benzene rings is 2. The second-order valence-electron chi connectivity index (χ2n) is 3.44. The van der Waals surface area contributed by atoms with Gasteiger partial charge in [0.05, 0.1) is 22.3 Å². The molecule has 2 nitrogen and oxygen atoms in total. The van der Waals surface area contributed by atoms with E-state index in [1.807, 2.05) is 18.2 Å². The third kappa shape index (κ3) is 2.91. The van der Waals surface area contributed by atoms with Gasteiger partial charge in [-0.05, 0) is 42.5 Å². The maximum Gasteiger partial charge on any atom is 0.0991 e. The average Bonchev–Trinajstić information content (AvgIpc) is 2.34. The Labute approximate surface area is 109 Å². The minimum Gasteiger partial charge on any atom is -0.354 e. The summed E-state index contributed by atoms with van der Waals surface area (Å²) in [6.45, 7) is 0. The highest BCUT2D eigenvalue weighted by atomic mass is 35.5. The molecule has 0 spiro atoms. The van der Waals surface area contributed by atoms with E-state index in [1.165, 1.54) is 0 Å². The number of hydrogen-bond donors (Lipinski definition) is 1. The zero-order chi connectivity index (χ0) is 12.3. The van der Waals surface area contributed by atoms with Crippen LogP contribution < -0.4 is 5.32 Å². The van der Waals surface area contributed by atoms with Gasteiger partial charge in [-0.15, -0.1) is 0 Å². The van der Waals surface area contributed by atoms with Gasteiger partial charge in [-0.1, -0.05) is 23.2 Å². The molecular weight excluding hydrogens is 255 g/mol. The molecule has 0 aliphatic heterocycles. The number of nitriles is 1. The average molecular weight is 263 g/mol. The van der Waals surface area contributed by atoms with Crippen LogP contribution in [0.4, 0.5) is 11.4 Å². The smallest absolute Gasteiger partial charge is 0.0991 e. The SMILES string of the molecule is N#Cc1ccc(Nc2ccc(Cl)cc2Cl)cc1. The second-order valence-corrected chi connectivity index (χ2v) is 4.28. The van der Waals surface area contributed by atoms with E-state index in [-0.39, 0.29) is 0 Å². The molecule has 0 amide bonds. The highest BCUT2D eigenvalue weighted by Crippen LogP contribution is 2.28. The van der Waals surface area contributed by atoms with Crippen LogP contribution in [0.5, 0.6) is 0 Å². The number of rotatable bonds is 2. The molecule has 2 rings (SSSR count). The Morgan fingerprint density at radius 2 is 1.71 bits per heavy atom. The zero-order valence-electron chi connectivity index (χ0n) is 8.74. The number of halogens is 2. The monoisotopic (exact) mass is 262 g/mol. The van der Waals surface area contributed by atoms with Crippen molar-refractivity contribution in [2.75, 3.05) is 5.32 Å². The fourth-order valence-corrected chi connectivity index (χ4v) is 1.83. The molecule has 0 atom stereocenters. The fourth-order valence-electron chi connectivity index (χ4n) is 1.37. The summed E-state index contributed by atoms with van der Waals surface area (Å²) in [5.41, 5.74) is 2.27. The van der Waals surface area contributed by atoms with E-state index < -0.39 is 0 Å². The van der Waals surface area contributed by atoms with Crippen LogP contribution in [-0.2, 0) is 0 Å². The Morgan fingerprint density at radius 1 is 1.00 bits per heavy atom. The molecule has 2 aromatic carbocycles. The zero-order valence-corrected chi connectivity index (χ0v) is 10.3. The van der Waals surface area contributed by atoms with Gasteiger partial charge in [0.2, 0.25) is 0 Å². The van der Waals surface area contributed by atoms with E-state index in [4.69, 9.17) is 28.5 Å². The lowest BCUT2D eigenvalue weighted by atomic mass is 10.2. The van der Waals surface area contributed by atoms with Crippen LogP contribution in [0.15, 0.2) is 42.5 Å². The number of anilines is 2. The van der Waals surface area contributed by atoms with Crippen LogP contribution in [0.2, 0.25) is 10.0 Å². The molecular formula is C13H8Cl2N2. The first-order valence-electron chi connectivity index (χ1n) is 4.91. The lowest BCUT2D eigenvalue weighted by molar-refractivity contribution is 1.47. The number of nitrogens with one attached hydrogen (secondary N) is 1. The summed E-state index contributed by atoms with van der Waals surface area (Å²) in [4.78, 5) is 0. The molecule has 0 bridgehead atoms. The Kier molecular flexibility index (Phi) is 3.53. The highest BCUT2D eigenvalue weighted by Gasteiger charge is 2.01. The first kappa shape index (κ1) is 11.8.